The molecule has 0 radical (unpaired) electrons. The van der Waals surface area contributed by atoms with E-state index < -0.39 is 0 Å². The monoisotopic (exact) mass is 348 g/mol. The van der Waals surface area contributed by atoms with E-state index in [1.165, 1.54) is 11.8 Å². The minimum atomic E-state index is -0.0975. The fourth-order valence-corrected chi connectivity index (χ4v) is 3.63. The molecule has 0 saturated carbocycles. The van der Waals surface area contributed by atoms with Crippen molar-refractivity contribution in [2.45, 2.75) is 28.8 Å². The molecule has 2 aromatic rings. The maximum Gasteiger partial charge on any atom is 0.274 e. The number of aromatic nitrogens is 2. The van der Waals surface area contributed by atoms with E-state index in [0.717, 1.165) is 24.3 Å². The van der Waals surface area contributed by atoms with Crippen molar-refractivity contribution in [1.82, 2.24) is 15.1 Å². The Hall–Kier alpha value is -1.63. The average molecular weight is 349 g/mol. The second-order valence-electron chi connectivity index (χ2n) is 5.32. The molecule has 1 unspecified atom stereocenters. The number of likely N-dealkylation sites (tertiary alicyclic amines) is 1. The first-order valence-electron chi connectivity index (χ1n) is 7.46. The molecule has 120 valence electrons. The molecule has 1 aromatic heterocycles. The molecule has 1 saturated heterocycles. The number of carbonyl (C=O) groups excluding carboxylic acids is 1. The van der Waals surface area contributed by atoms with Crippen molar-refractivity contribution < 1.29 is 4.79 Å². The highest BCUT2D eigenvalue weighted by atomic mass is 35.5. The first kappa shape index (κ1) is 16.2. The minimum absolute atomic E-state index is 0.0975. The van der Waals surface area contributed by atoms with Crippen molar-refractivity contribution in [3.05, 3.63) is 47.1 Å². The maximum atomic E-state index is 12.5. The van der Waals surface area contributed by atoms with Crippen LogP contribution in [0.5, 0.6) is 0 Å². The summed E-state index contributed by atoms with van der Waals surface area (Å²) in [5.41, 5.74) is 6.07. The van der Waals surface area contributed by atoms with Crippen molar-refractivity contribution in [1.29, 1.82) is 0 Å². The van der Waals surface area contributed by atoms with Gasteiger partial charge in [0.15, 0.2) is 5.69 Å². The number of carbonyl (C=O) groups is 1. The molecule has 23 heavy (non-hydrogen) atoms. The Morgan fingerprint density at radius 2 is 2.13 bits per heavy atom. The van der Waals surface area contributed by atoms with Crippen LogP contribution in [0.2, 0.25) is 5.02 Å². The van der Waals surface area contributed by atoms with Crippen molar-refractivity contribution >= 4 is 29.3 Å². The van der Waals surface area contributed by atoms with Gasteiger partial charge < -0.3 is 10.6 Å². The fourth-order valence-electron chi connectivity index (χ4n) is 2.62. The number of rotatable bonds is 4. The number of hydrogen-bond acceptors (Lipinski definition) is 5. The summed E-state index contributed by atoms with van der Waals surface area (Å²) in [4.78, 5) is 15.2. The van der Waals surface area contributed by atoms with Gasteiger partial charge in [0.2, 0.25) is 0 Å². The lowest BCUT2D eigenvalue weighted by Crippen LogP contribution is -2.40. The second-order valence-corrected chi connectivity index (χ2v) is 6.79. The molecule has 7 heteroatoms. The summed E-state index contributed by atoms with van der Waals surface area (Å²) in [6.07, 6.45) is 1.94. The van der Waals surface area contributed by atoms with Crippen LogP contribution in [0.1, 0.15) is 23.3 Å². The van der Waals surface area contributed by atoms with E-state index in [9.17, 15) is 4.79 Å². The second kappa shape index (κ2) is 7.29. The third kappa shape index (κ3) is 3.65. The molecule has 0 bridgehead atoms. The smallest absolute Gasteiger partial charge is 0.274 e. The fraction of sp³-hybridized carbons (Fsp3) is 0.312. The van der Waals surface area contributed by atoms with E-state index in [0.29, 0.717) is 22.3 Å². The Balaban J connectivity index is 1.72. The number of amides is 1. The number of halogens is 1. The van der Waals surface area contributed by atoms with Gasteiger partial charge in [-0.1, -0.05) is 35.5 Å². The van der Waals surface area contributed by atoms with Crippen LogP contribution < -0.4 is 5.73 Å². The van der Waals surface area contributed by atoms with E-state index >= 15 is 0 Å². The standard InChI is InChI=1S/C16H17ClN4OS/c17-12-5-1-2-6-14(12)23-15-8-7-13(19-20-15)16(22)21-9-3-4-11(21)10-18/h1-2,5-8,11H,3-4,9-10,18H2. The zero-order valence-corrected chi connectivity index (χ0v) is 14.1. The predicted molar refractivity (Wildman–Crippen MR) is 90.7 cm³/mol. The Kier molecular flexibility index (Phi) is 5.15. The molecular formula is C16H17ClN4OS. The van der Waals surface area contributed by atoms with E-state index in [1.807, 2.05) is 24.3 Å². The largest absolute Gasteiger partial charge is 0.333 e. The molecule has 1 fully saturated rings. The van der Waals surface area contributed by atoms with Gasteiger partial charge in [-0.15, -0.1) is 10.2 Å². The van der Waals surface area contributed by atoms with E-state index in [2.05, 4.69) is 10.2 Å². The molecule has 3 rings (SSSR count). The topological polar surface area (TPSA) is 72.1 Å². The zero-order valence-electron chi connectivity index (χ0n) is 12.5. The average Bonchev–Trinajstić information content (AvgIpc) is 3.05. The van der Waals surface area contributed by atoms with Gasteiger partial charge in [0.25, 0.3) is 5.91 Å². The van der Waals surface area contributed by atoms with Crippen LogP contribution in [0.15, 0.2) is 46.3 Å². The Labute approximate surface area is 144 Å². The predicted octanol–water partition coefficient (Wildman–Crippen LogP) is 2.84. The van der Waals surface area contributed by atoms with E-state index in [1.54, 1.807) is 17.0 Å². The molecule has 2 heterocycles. The molecule has 0 aliphatic carbocycles. The molecular weight excluding hydrogens is 332 g/mol. The van der Waals surface area contributed by atoms with Crippen molar-refractivity contribution in [3.63, 3.8) is 0 Å². The van der Waals surface area contributed by atoms with Gasteiger partial charge in [0.05, 0.1) is 5.02 Å². The summed E-state index contributed by atoms with van der Waals surface area (Å²) in [5, 5.41) is 9.58. The number of hydrogen-bond donors (Lipinski definition) is 1. The Morgan fingerprint density at radius 1 is 1.30 bits per heavy atom. The summed E-state index contributed by atoms with van der Waals surface area (Å²) < 4.78 is 0. The third-order valence-electron chi connectivity index (χ3n) is 3.82. The van der Waals surface area contributed by atoms with Gasteiger partial charge in [0, 0.05) is 24.0 Å². The molecule has 1 atom stereocenters. The van der Waals surface area contributed by atoms with Gasteiger partial charge in [0.1, 0.15) is 5.03 Å². The first-order chi connectivity index (χ1) is 11.2. The Bertz CT molecular complexity index is 695. The maximum absolute atomic E-state index is 12.5. The number of nitrogens with two attached hydrogens (primary N) is 1. The molecule has 1 aliphatic heterocycles. The highest BCUT2D eigenvalue weighted by Gasteiger charge is 2.29. The first-order valence-corrected chi connectivity index (χ1v) is 8.65. The van der Waals surface area contributed by atoms with E-state index in [4.69, 9.17) is 17.3 Å². The van der Waals surface area contributed by atoms with Crippen LogP contribution in [0.3, 0.4) is 0 Å². The van der Waals surface area contributed by atoms with Crippen LogP contribution in [-0.2, 0) is 0 Å². The normalized spacial score (nSPS) is 17.5. The summed E-state index contributed by atoms with van der Waals surface area (Å²) >= 11 is 7.55. The van der Waals surface area contributed by atoms with Crippen LogP contribution >= 0.6 is 23.4 Å². The van der Waals surface area contributed by atoms with E-state index in [-0.39, 0.29) is 11.9 Å². The molecule has 1 aromatic carbocycles. The summed E-state index contributed by atoms with van der Waals surface area (Å²) in [5.74, 6) is -0.0975. The van der Waals surface area contributed by atoms with Gasteiger partial charge in [-0.3, -0.25) is 4.79 Å². The lowest BCUT2D eigenvalue weighted by molar-refractivity contribution is 0.0733. The minimum Gasteiger partial charge on any atom is -0.333 e. The molecule has 5 nitrogen and oxygen atoms in total. The SMILES string of the molecule is NCC1CCCN1C(=O)c1ccc(Sc2ccccc2Cl)nn1. The molecule has 1 aliphatic rings. The lowest BCUT2D eigenvalue weighted by atomic mass is 10.2. The van der Waals surface area contributed by atoms with Crippen LogP contribution in [0.25, 0.3) is 0 Å². The molecule has 2 N–H and O–H groups in total. The summed E-state index contributed by atoms with van der Waals surface area (Å²) in [6.45, 7) is 1.22. The van der Waals surface area contributed by atoms with Crippen molar-refractivity contribution in [2.24, 2.45) is 5.73 Å². The number of benzene rings is 1. The van der Waals surface area contributed by atoms with Gasteiger partial charge in [-0.05, 0) is 37.1 Å². The molecule has 1 amide bonds. The third-order valence-corrected chi connectivity index (χ3v) is 5.26. The van der Waals surface area contributed by atoms with Crippen molar-refractivity contribution in [2.75, 3.05) is 13.1 Å². The summed E-state index contributed by atoms with van der Waals surface area (Å²) in [6, 6.07) is 11.2. The number of nitrogens with zero attached hydrogens (tertiary/aromatic N) is 3. The highest BCUT2D eigenvalue weighted by Crippen LogP contribution is 2.31. The summed E-state index contributed by atoms with van der Waals surface area (Å²) in [7, 11) is 0. The van der Waals surface area contributed by atoms with Crippen LogP contribution in [0.4, 0.5) is 0 Å². The molecule has 0 spiro atoms. The van der Waals surface area contributed by atoms with Crippen LogP contribution in [0, 0.1) is 0 Å². The van der Waals surface area contributed by atoms with Gasteiger partial charge >= 0.3 is 0 Å². The van der Waals surface area contributed by atoms with Gasteiger partial charge in [-0.2, -0.15) is 0 Å². The van der Waals surface area contributed by atoms with Gasteiger partial charge in [-0.25, -0.2) is 0 Å². The van der Waals surface area contributed by atoms with Crippen LogP contribution in [-0.4, -0.2) is 40.1 Å². The zero-order chi connectivity index (χ0) is 16.2. The highest BCUT2D eigenvalue weighted by molar-refractivity contribution is 7.99. The lowest BCUT2D eigenvalue weighted by Gasteiger charge is -2.22. The quantitative estimate of drug-likeness (QED) is 0.919. The Morgan fingerprint density at radius 3 is 2.83 bits per heavy atom. The van der Waals surface area contributed by atoms with Crippen molar-refractivity contribution in [3.8, 4) is 0 Å².